The molecule has 7 aliphatic rings. The minimum absolute atomic E-state index is 0.0631. The van der Waals surface area contributed by atoms with Crippen molar-refractivity contribution in [3.8, 4) is 0 Å². The van der Waals surface area contributed by atoms with Gasteiger partial charge in [-0.25, -0.2) is 38.2 Å². The maximum atomic E-state index is 12.1. The van der Waals surface area contributed by atoms with E-state index in [2.05, 4.69) is 93.5 Å². The van der Waals surface area contributed by atoms with Crippen molar-refractivity contribution in [2.24, 2.45) is 51.8 Å². The zero-order valence-corrected chi connectivity index (χ0v) is 44.5. The summed E-state index contributed by atoms with van der Waals surface area (Å²) in [5, 5.41) is -3.82. The molecule has 68 heavy (non-hydrogen) atoms. The fourth-order valence-corrected chi connectivity index (χ4v) is 17.5. The molecule has 1 saturated heterocycles. The largest absolute Gasteiger partial charge is 0.748 e. The molecule has 0 aromatic heterocycles. The normalized spacial score (nSPS) is 36.1. The Kier molecular flexibility index (Phi) is 15.2. The van der Waals surface area contributed by atoms with Crippen LogP contribution in [0.5, 0.6) is 0 Å². The highest BCUT2D eigenvalue weighted by atomic mass is 32.2. The first kappa shape index (κ1) is 53.6. The zero-order chi connectivity index (χ0) is 50.2. The van der Waals surface area contributed by atoms with E-state index in [1.165, 1.54) is 13.8 Å². The molecule has 12 atom stereocenters. The van der Waals surface area contributed by atoms with Crippen molar-refractivity contribution >= 4 is 46.2 Å². The van der Waals surface area contributed by atoms with Gasteiger partial charge in [0.05, 0.1) is 51.1 Å². The topological polar surface area (TPSA) is 235 Å². The van der Waals surface area contributed by atoms with E-state index >= 15 is 0 Å². The Morgan fingerprint density at radius 2 is 1.21 bits per heavy atom. The van der Waals surface area contributed by atoms with Crippen LogP contribution in [0.4, 0.5) is 0 Å². The Morgan fingerprint density at radius 1 is 0.662 bits per heavy atom. The number of hydrogen-bond donors (Lipinski definition) is 0. The lowest BCUT2D eigenvalue weighted by Gasteiger charge is -2.49. The SMILES string of the molecule is CC(CCN1/C(=C/C=C/C2=CC(=C/C=C/C3=[N+](CCC(C)S(=O)(=O)[O-])C4CCC5CC(S(=O)(=O)[O-])CCC5C4C3(C)C)/CC(C)(C)C2)C(C)(C)C2C3CCC(S(=O)(=O)[O-])CC3CCC21)S(=O)(=O)[O-]. The summed E-state index contributed by atoms with van der Waals surface area (Å²) in [6, 6.07) is 0.179. The lowest BCUT2D eigenvalue weighted by atomic mass is 9.57. The van der Waals surface area contributed by atoms with Crippen LogP contribution in [-0.4, -0.2) is 113 Å². The summed E-state index contributed by atoms with van der Waals surface area (Å²) in [5.74, 6) is 0.987. The van der Waals surface area contributed by atoms with Crippen molar-refractivity contribution in [2.45, 2.75) is 178 Å². The molecule has 14 nitrogen and oxygen atoms in total. The molecule has 0 amide bonds. The van der Waals surface area contributed by atoms with Crippen LogP contribution in [0.15, 0.2) is 59.4 Å². The Hall–Kier alpha value is -2.19. The summed E-state index contributed by atoms with van der Waals surface area (Å²) in [6.45, 7) is 17.0. The molecule has 5 fully saturated rings. The van der Waals surface area contributed by atoms with Crippen LogP contribution in [0.3, 0.4) is 0 Å². The van der Waals surface area contributed by atoms with Gasteiger partial charge in [0.25, 0.3) is 0 Å². The second-order valence-corrected chi connectivity index (χ2v) is 30.6. The molecule has 7 rings (SSSR count). The smallest absolute Gasteiger partial charge is 0.182 e. The molecule has 0 spiro atoms. The highest BCUT2D eigenvalue weighted by Gasteiger charge is 2.61. The molecule has 2 aliphatic heterocycles. The van der Waals surface area contributed by atoms with Crippen LogP contribution in [0.25, 0.3) is 0 Å². The zero-order valence-electron chi connectivity index (χ0n) is 41.2. The number of hydrogen-bond acceptors (Lipinski definition) is 13. The van der Waals surface area contributed by atoms with E-state index in [0.717, 1.165) is 61.1 Å². The van der Waals surface area contributed by atoms with Gasteiger partial charge in [0.2, 0.25) is 0 Å². The Balaban J connectivity index is 1.16. The van der Waals surface area contributed by atoms with Gasteiger partial charge in [0.15, 0.2) is 11.8 Å². The van der Waals surface area contributed by atoms with Gasteiger partial charge in [-0.05, 0) is 157 Å². The van der Waals surface area contributed by atoms with Crippen molar-refractivity contribution in [2.75, 3.05) is 13.1 Å². The number of likely N-dealkylation sites (tertiary alicyclic amines) is 1. The maximum absolute atomic E-state index is 12.1. The summed E-state index contributed by atoms with van der Waals surface area (Å²) in [7, 11) is -17.7. The Morgan fingerprint density at radius 3 is 1.78 bits per heavy atom. The van der Waals surface area contributed by atoms with Gasteiger partial charge >= 0.3 is 0 Å². The van der Waals surface area contributed by atoms with E-state index in [-0.39, 0.29) is 76.7 Å². The first-order valence-electron chi connectivity index (χ1n) is 25.0. The molecule has 2 heterocycles. The molecule has 12 unspecified atom stereocenters. The average Bonchev–Trinajstić information content (AvgIpc) is 3.57. The number of fused-ring (bicyclic) bond motifs is 6. The number of rotatable bonds is 14. The van der Waals surface area contributed by atoms with E-state index in [1.54, 1.807) is 0 Å². The van der Waals surface area contributed by atoms with Gasteiger partial charge < -0.3 is 23.1 Å². The lowest BCUT2D eigenvalue weighted by molar-refractivity contribution is -0.569. The highest BCUT2D eigenvalue weighted by Crippen LogP contribution is 2.60. The molecule has 0 aromatic rings. The fraction of sp³-hybridized carbons (Fsp3) is 0.780. The van der Waals surface area contributed by atoms with Gasteiger partial charge in [-0.15, -0.1) is 0 Å². The van der Waals surface area contributed by atoms with Crippen LogP contribution in [-0.2, 0) is 40.5 Å². The third-order valence-corrected chi connectivity index (χ3v) is 23.0. The van der Waals surface area contributed by atoms with E-state index in [4.69, 9.17) is 0 Å². The molecular formula is C50H75N2O12S4-3. The van der Waals surface area contributed by atoms with E-state index in [0.29, 0.717) is 51.6 Å². The van der Waals surface area contributed by atoms with E-state index in [9.17, 15) is 51.9 Å². The lowest BCUT2D eigenvalue weighted by Crippen LogP contribution is -2.48. The van der Waals surface area contributed by atoms with Crippen molar-refractivity contribution in [3.05, 3.63) is 59.4 Å². The summed E-state index contributed by atoms with van der Waals surface area (Å²) >= 11 is 0. The molecule has 4 saturated carbocycles. The van der Waals surface area contributed by atoms with Gasteiger partial charge in [-0.2, -0.15) is 0 Å². The fourth-order valence-electron chi connectivity index (χ4n) is 14.9. The maximum Gasteiger partial charge on any atom is 0.182 e. The van der Waals surface area contributed by atoms with Crippen molar-refractivity contribution in [3.63, 3.8) is 0 Å². The minimum atomic E-state index is -4.48. The third kappa shape index (κ3) is 11.2. The first-order chi connectivity index (χ1) is 31.3. The van der Waals surface area contributed by atoms with Gasteiger partial charge in [0.1, 0.15) is 6.54 Å². The van der Waals surface area contributed by atoms with Crippen LogP contribution >= 0.6 is 0 Å². The standard InChI is InChI=1S/C50H78N2O12S4/c1-32(65(53,54)55)23-25-51-42-21-15-36-28-38(67(59,60)61)17-19-40(36)46(42)49(5,6)44(51)13-9-11-34-27-35(31-48(3,4)30-34)12-10-14-45-50(7,8)47-41-20-18-39(68(62,63)64)29-37(41)16-22-43(47)52(45)26-24-33(2)66(56,57)58/h9-14,27,32-33,36-43,46-47H,15-26,28-31H2,1-8H3,(H3-,53,54,55,56,57,58,59,60,61,62,63,64)/p-3. The Labute approximate surface area is 408 Å². The van der Waals surface area contributed by atoms with E-state index in [1.807, 2.05) is 0 Å². The molecule has 0 N–H and O–H groups in total. The monoisotopic (exact) mass is 1020 g/mol. The summed E-state index contributed by atoms with van der Waals surface area (Å²) in [4.78, 5) is 2.31. The second kappa shape index (κ2) is 19.3. The van der Waals surface area contributed by atoms with Crippen molar-refractivity contribution in [1.82, 2.24) is 4.90 Å². The number of allylic oxidation sites excluding steroid dienone is 10. The van der Waals surface area contributed by atoms with Crippen LogP contribution in [0.2, 0.25) is 0 Å². The molecule has 0 aromatic carbocycles. The van der Waals surface area contributed by atoms with Crippen LogP contribution in [0.1, 0.15) is 145 Å². The molecule has 384 valence electrons. The van der Waals surface area contributed by atoms with E-state index < -0.39 is 61.5 Å². The predicted octanol–water partition coefficient (Wildman–Crippen LogP) is 7.36. The second-order valence-electron chi connectivity index (χ2n) is 23.7. The van der Waals surface area contributed by atoms with Crippen molar-refractivity contribution < 1.29 is 56.5 Å². The molecule has 5 aliphatic carbocycles. The van der Waals surface area contributed by atoms with Crippen LogP contribution < -0.4 is 0 Å². The minimum Gasteiger partial charge on any atom is -0.748 e. The summed E-state index contributed by atoms with van der Waals surface area (Å²) < 4.78 is 147. The van der Waals surface area contributed by atoms with Gasteiger partial charge in [0, 0.05) is 64.3 Å². The highest BCUT2D eigenvalue weighted by molar-refractivity contribution is 7.87. The van der Waals surface area contributed by atoms with Crippen LogP contribution in [0, 0.1) is 51.8 Å². The molecule has 0 radical (unpaired) electrons. The average molecular weight is 1020 g/mol. The number of nitrogens with zero attached hydrogens (tertiary/aromatic N) is 2. The molecule has 0 bridgehead atoms. The van der Waals surface area contributed by atoms with Gasteiger partial charge in [-0.3, -0.25) is 0 Å². The molecule has 18 heteroatoms. The van der Waals surface area contributed by atoms with Gasteiger partial charge in [-0.1, -0.05) is 58.1 Å². The molecular weight excluding hydrogens is 949 g/mol. The summed E-state index contributed by atoms with van der Waals surface area (Å²) in [6.07, 6.45) is 22.8. The van der Waals surface area contributed by atoms with Crippen molar-refractivity contribution in [1.29, 1.82) is 0 Å². The summed E-state index contributed by atoms with van der Waals surface area (Å²) in [5.41, 5.74) is 3.62. The quantitative estimate of drug-likeness (QED) is 0.122. The predicted molar refractivity (Wildman–Crippen MR) is 259 cm³/mol. The Bertz CT molecular complexity index is 2590. The first-order valence-corrected chi connectivity index (χ1v) is 30.9. The third-order valence-electron chi connectivity index (χ3n) is 18.0.